The minimum absolute atomic E-state index is 0.239. The molecule has 0 saturated carbocycles. The van der Waals surface area contributed by atoms with Crippen LogP contribution in [-0.2, 0) is 22.6 Å². The minimum Gasteiger partial charge on any atom is -0.444 e. The number of carbonyl (C=O) groups is 2. The van der Waals surface area contributed by atoms with Crippen molar-refractivity contribution in [2.75, 3.05) is 6.54 Å². The summed E-state index contributed by atoms with van der Waals surface area (Å²) >= 11 is 0. The highest BCUT2D eigenvalue weighted by molar-refractivity contribution is 5.71. The smallest absolute Gasteiger partial charge is 0.411 e. The number of carbonyl (C=O) groups excluding carboxylic acids is 2. The van der Waals surface area contributed by atoms with Crippen LogP contribution in [0.4, 0.5) is 4.79 Å². The largest absolute Gasteiger partial charge is 0.444 e. The van der Waals surface area contributed by atoms with Crippen LogP contribution >= 0.6 is 0 Å². The molecule has 36 heavy (non-hydrogen) atoms. The lowest BCUT2D eigenvalue weighted by Gasteiger charge is -2.40. The number of hydrogen-bond acceptors (Lipinski definition) is 4. The van der Waals surface area contributed by atoms with E-state index in [1.807, 2.05) is 112 Å². The molecule has 5 heteroatoms. The highest BCUT2D eigenvalue weighted by Crippen LogP contribution is 2.30. The lowest BCUT2D eigenvalue weighted by atomic mass is 9.96. The molecule has 0 aliphatic rings. The molecule has 0 aliphatic heterocycles. The molecule has 0 aromatic heterocycles. The highest BCUT2D eigenvalue weighted by atomic mass is 16.6. The maximum absolute atomic E-state index is 13.4. The number of amides is 1. The molecule has 0 saturated heterocycles. The highest BCUT2D eigenvalue weighted by Gasteiger charge is 2.37. The van der Waals surface area contributed by atoms with E-state index in [0.717, 1.165) is 23.0 Å². The van der Waals surface area contributed by atoms with Gasteiger partial charge in [-0.05, 0) is 37.5 Å². The number of benzene rings is 3. The van der Waals surface area contributed by atoms with Crippen LogP contribution in [0.3, 0.4) is 0 Å². The molecule has 188 valence electrons. The summed E-state index contributed by atoms with van der Waals surface area (Å²) in [6.07, 6.45) is 2.13. The molecule has 3 rings (SSSR count). The van der Waals surface area contributed by atoms with Gasteiger partial charge in [0.2, 0.25) is 0 Å². The second kappa shape index (κ2) is 12.8. The van der Waals surface area contributed by atoms with E-state index in [9.17, 15) is 9.59 Å². The Bertz CT molecular complexity index is 1050. The maximum Gasteiger partial charge on any atom is 0.411 e. The summed E-state index contributed by atoms with van der Waals surface area (Å²) in [4.78, 5) is 30.1. The quantitative estimate of drug-likeness (QED) is 0.233. The molecule has 0 radical (unpaired) electrons. The van der Waals surface area contributed by atoms with Crippen LogP contribution in [-0.4, -0.2) is 40.4 Å². The van der Waals surface area contributed by atoms with Gasteiger partial charge in [0.05, 0.1) is 12.1 Å². The number of rotatable bonds is 11. The molecule has 3 aromatic carbocycles. The van der Waals surface area contributed by atoms with E-state index in [0.29, 0.717) is 13.1 Å². The first-order valence-corrected chi connectivity index (χ1v) is 12.2. The van der Waals surface area contributed by atoms with E-state index in [2.05, 4.69) is 11.5 Å². The van der Waals surface area contributed by atoms with E-state index < -0.39 is 23.8 Å². The Balaban J connectivity index is 2.09. The molecule has 1 amide bonds. The van der Waals surface area contributed by atoms with Gasteiger partial charge in [0.25, 0.3) is 0 Å². The van der Waals surface area contributed by atoms with Gasteiger partial charge < -0.3 is 9.53 Å². The number of aldehydes is 1. The summed E-state index contributed by atoms with van der Waals surface area (Å²) in [5.41, 5.74) is 2.34. The molecule has 3 aromatic rings. The van der Waals surface area contributed by atoms with Crippen LogP contribution in [0.5, 0.6) is 0 Å². The van der Waals surface area contributed by atoms with Crippen molar-refractivity contribution >= 4 is 12.4 Å². The Morgan fingerprint density at radius 2 is 1.33 bits per heavy atom. The maximum atomic E-state index is 13.4. The van der Waals surface area contributed by atoms with Gasteiger partial charge in [-0.1, -0.05) is 97.1 Å². The summed E-state index contributed by atoms with van der Waals surface area (Å²) in [7, 11) is 0. The zero-order valence-electron chi connectivity index (χ0n) is 21.4. The molecule has 0 unspecified atom stereocenters. The van der Waals surface area contributed by atoms with Gasteiger partial charge in [-0.25, -0.2) is 4.79 Å². The molecular formula is C31H36N2O3. The van der Waals surface area contributed by atoms with E-state index in [1.165, 1.54) is 0 Å². The van der Waals surface area contributed by atoms with Crippen molar-refractivity contribution in [1.82, 2.24) is 9.80 Å². The fourth-order valence-corrected chi connectivity index (χ4v) is 4.24. The average molecular weight is 485 g/mol. The van der Waals surface area contributed by atoms with Crippen molar-refractivity contribution in [2.24, 2.45) is 0 Å². The first kappa shape index (κ1) is 26.9. The molecule has 0 N–H and O–H groups in total. The van der Waals surface area contributed by atoms with E-state index in [4.69, 9.17) is 4.74 Å². The minimum atomic E-state index is -0.678. The van der Waals surface area contributed by atoms with Crippen LogP contribution < -0.4 is 0 Å². The van der Waals surface area contributed by atoms with Gasteiger partial charge in [0.1, 0.15) is 11.9 Å². The third-order valence-electron chi connectivity index (χ3n) is 5.77. The lowest BCUT2D eigenvalue weighted by molar-refractivity contribution is -0.115. The van der Waals surface area contributed by atoms with Crippen LogP contribution in [0.2, 0.25) is 0 Å². The number of ether oxygens (including phenoxy) is 1. The van der Waals surface area contributed by atoms with E-state index in [1.54, 1.807) is 11.0 Å². The third kappa shape index (κ3) is 7.65. The third-order valence-corrected chi connectivity index (χ3v) is 5.77. The molecule has 0 heterocycles. The van der Waals surface area contributed by atoms with Crippen LogP contribution in [0, 0.1) is 0 Å². The predicted molar refractivity (Wildman–Crippen MR) is 144 cm³/mol. The SMILES string of the molecule is C=CCN(C(=O)OC(C)(C)C)[C@@H](c1ccccc1)[C@H](C=O)N(Cc1ccccc1)Cc1ccccc1. The summed E-state index contributed by atoms with van der Waals surface area (Å²) in [5.74, 6) is 0. The van der Waals surface area contributed by atoms with Crippen molar-refractivity contribution in [3.8, 4) is 0 Å². The Morgan fingerprint density at radius 1 is 0.861 bits per heavy atom. The molecule has 0 bridgehead atoms. The number of hydrogen-bond donors (Lipinski definition) is 0. The van der Waals surface area contributed by atoms with Crippen molar-refractivity contribution in [3.05, 3.63) is 120 Å². The predicted octanol–water partition coefficient (Wildman–Crippen LogP) is 6.42. The van der Waals surface area contributed by atoms with Gasteiger partial charge in [0.15, 0.2) is 0 Å². The second-order valence-corrected chi connectivity index (χ2v) is 9.78. The number of nitrogens with zero attached hydrogens (tertiary/aromatic N) is 2. The summed E-state index contributed by atoms with van der Waals surface area (Å²) < 4.78 is 5.77. The summed E-state index contributed by atoms with van der Waals surface area (Å²) in [6, 6.07) is 28.6. The van der Waals surface area contributed by atoms with Crippen molar-refractivity contribution < 1.29 is 14.3 Å². The Kier molecular flexibility index (Phi) is 9.60. The van der Waals surface area contributed by atoms with Crippen molar-refractivity contribution in [3.63, 3.8) is 0 Å². The van der Waals surface area contributed by atoms with Gasteiger partial charge in [0, 0.05) is 19.6 Å². The fraction of sp³-hybridized carbons (Fsp3) is 0.290. The topological polar surface area (TPSA) is 49.9 Å². The second-order valence-electron chi connectivity index (χ2n) is 9.78. The first-order valence-electron chi connectivity index (χ1n) is 12.2. The normalized spacial score (nSPS) is 13.0. The molecule has 0 fully saturated rings. The van der Waals surface area contributed by atoms with Crippen LogP contribution in [0.15, 0.2) is 104 Å². The molecule has 0 spiro atoms. The molecular weight excluding hydrogens is 448 g/mol. The van der Waals surface area contributed by atoms with Gasteiger partial charge in [-0.15, -0.1) is 6.58 Å². The van der Waals surface area contributed by atoms with Crippen LogP contribution in [0.25, 0.3) is 0 Å². The van der Waals surface area contributed by atoms with Gasteiger partial charge in [-0.3, -0.25) is 9.80 Å². The van der Waals surface area contributed by atoms with Crippen LogP contribution in [0.1, 0.15) is 43.5 Å². The zero-order valence-corrected chi connectivity index (χ0v) is 21.4. The Hall–Kier alpha value is -3.70. The standard InChI is InChI=1S/C31H36N2O3/c1-5-21-33(30(35)36-31(2,3)4)29(27-19-13-8-14-20-27)28(24-34)32(22-25-15-9-6-10-16-25)23-26-17-11-7-12-18-26/h5-20,24,28-29H,1,21-23H2,2-4H3/t28-,29-/m0/s1. The lowest BCUT2D eigenvalue weighted by Crippen LogP contribution is -2.50. The summed E-state index contributed by atoms with van der Waals surface area (Å²) in [5, 5.41) is 0. The Morgan fingerprint density at radius 3 is 1.75 bits per heavy atom. The van der Waals surface area contributed by atoms with E-state index in [-0.39, 0.29) is 6.54 Å². The van der Waals surface area contributed by atoms with Gasteiger partial charge >= 0.3 is 6.09 Å². The molecule has 2 atom stereocenters. The Labute approximate surface area is 215 Å². The summed E-state index contributed by atoms with van der Waals surface area (Å²) in [6.45, 7) is 10.7. The van der Waals surface area contributed by atoms with Gasteiger partial charge in [-0.2, -0.15) is 0 Å². The van der Waals surface area contributed by atoms with Crippen molar-refractivity contribution in [1.29, 1.82) is 0 Å². The zero-order chi connectivity index (χ0) is 26.0. The fourth-order valence-electron chi connectivity index (χ4n) is 4.24. The molecule has 0 aliphatic carbocycles. The first-order chi connectivity index (χ1) is 17.3. The van der Waals surface area contributed by atoms with Crippen molar-refractivity contribution in [2.45, 2.75) is 51.5 Å². The van der Waals surface area contributed by atoms with E-state index >= 15 is 0 Å². The molecule has 5 nitrogen and oxygen atoms in total. The monoisotopic (exact) mass is 484 g/mol. The average Bonchev–Trinajstić information content (AvgIpc) is 2.86.